The number of hydrogen-bond acceptors (Lipinski definition) is 16. The quantitative estimate of drug-likeness (QED) is 0.0555. The minimum absolute atomic E-state index is 0.0108. The molecule has 324 valence electrons. The summed E-state index contributed by atoms with van der Waals surface area (Å²) >= 11 is 1.02. The summed E-state index contributed by atoms with van der Waals surface area (Å²) < 4.78 is 73.6. The largest absolute Gasteiger partial charge is 0.493 e. The zero-order valence-corrected chi connectivity index (χ0v) is 36.5. The Hall–Kier alpha value is -7.79. The van der Waals surface area contributed by atoms with Crippen LogP contribution in [0.15, 0.2) is 139 Å². The maximum Gasteiger partial charge on any atom is 0.295 e. The Kier molecular flexibility index (Phi) is 12.0. The highest BCUT2D eigenvalue weighted by atomic mass is 32.2. The minimum atomic E-state index is -4.54. The highest BCUT2D eigenvalue weighted by Crippen LogP contribution is 2.48. The summed E-state index contributed by atoms with van der Waals surface area (Å²) in [6, 6.07) is 32.7. The number of imidazole rings is 1. The van der Waals surface area contributed by atoms with Crippen molar-refractivity contribution in [1.29, 1.82) is 10.5 Å². The molecule has 8 rings (SSSR count). The lowest BCUT2D eigenvalue weighted by Gasteiger charge is -2.12. The van der Waals surface area contributed by atoms with Gasteiger partial charge in [-0.15, -0.1) is 30.7 Å². The van der Waals surface area contributed by atoms with Crippen LogP contribution < -0.4 is 4.74 Å². The first-order chi connectivity index (χ1) is 31.1. The smallest absolute Gasteiger partial charge is 0.295 e. The van der Waals surface area contributed by atoms with Crippen LogP contribution in [0.2, 0.25) is 0 Å². The van der Waals surface area contributed by atoms with Gasteiger partial charge in [0.15, 0.2) is 16.3 Å². The second-order valence-electron chi connectivity index (χ2n) is 14.3. The van der Waals surface area contributed by atoms with E-state index in [1.807, 2.05) is 6.07 Å². The number of azo groups is 3. The Morgan fingerprint density at radius 1 is 0.769 bits per heavy atom. The lowest BCUT2D eigenvalue weighted by molar-refractivity contribution is 0.317. The predicted octanol–water partition coefficient (Wildman–Crippen LogP) is 11.6. The fourth-order valence-corrected chi connectivity index (χ4v) is 9.06. The van der Waals surface area contributed by atoms with Gasteiger partial charge in [0.05, 0.1) is 34.8 Å². The second-order valence-corrected chi connectivity index (χ2v) is 18.3. The van der Waals surface area contributed by atoms with E-state index in [0.717, 1.165) is 11.3 Å². The molecule has 5 aromatic carbocycles. The van der Waals surface area contributed by atoms with Crippen LogP contribution in [0.4, 0.5) is 32.8 Å². The van der Waals surface area contributed by atoms with E-state index in [9.17, 15) is 41.6 Å². The number of aromatic hydroxyl groups is 1. The fraction of sp³-hybridized carbons (Fsp3) is 0.114. The van der Waals surface area contributed by atoms with E-state index in [2.05, 4.69) is 47.8 Å². The number of benzene rings is 5. The molecule has 21 heteroatoms. The molecule has 3 heterocycles. The highest BCUT2D eigenvalue weighted by molar-refractivity contribution is 7.86. The molecule has 0 amide bonds. The van der Waals surface area contributed by atoms with E-state index in [4.69, 9.17) is 4.74 Å². The molecule has 65 heavy (non-hydrogen) atoms. The van der Waals surface area contributed by atoms with Gasteiger partial charge < -0.3 is 9.84 Å². The Morgan fingerprint density at radius 2 is 1.49 bits per heavy atom. The summed E-state index contributed by atoms with van der Waals surface area (Å²) in [6.07, 6.45) is -0.0861. The standard InChI is InChI=1S/C44H32N10O8S3/c1-25-20-35(50-51-40-26(2)31(23-45)41-47-33-13-6-7-14-36(33)54(41)44(40)55)37(62-18-9-19-64(56,57)58)22-34(25)49-52-42-32(24-46)39(28-10-4-3-5-11-28)43(63-42)53-48-29-17-16-27-12-8-15-38(30(27)21-29)65(59,60)61/h3-8,10-17,20-22,55H,9,18-19H2,1-2H3,(H,56,57,58)(H,59,60,61). The van der Waals surface area contributed by atoms with Gasteiger partial charge >= 0.3 is 0 Å². The summed E-state index contributed by atoms with van der Waals surface area (Å²) in [5, 5.41) is 59.8. The first-order valence-corrected chi connectivity index (χ1v) is 23.1. The molecule has 0 aliphatic heterocycles. The van der Waals surface area contributed by atoms with Gasteiger partial charge in [-0.05, 0) is 73.2 Å². The molecule has 0 spiro atoms. The lowest BCUT2D eigenvalue weighted by Crippen LogP contribution is -2.08. The number of aryl methyl sites for hydroxylation is 1. The van der Waals surface area contributed by atoms with E-state index < -0.39 is 26.0 Å². The van der Waals surface area contributed by atoms with E-state index >= 15 is 0 Å². The molecule has 8 aromatic rings. The van der Waals surface area contributed by atoms with E-state index in [1.54, 1.807) is 86.6 Å². The van der Waals surface area contributed by atoms with Crippen molar-refractivity contribution in [2.24, 2.45) is 30.7 Å². The zero-order chi connectivity index (χ0) is 46.0. The first kappa shape index (κ1) is 43.8. The van der Waals surface area contributed by atoms with Crippen LogP contribution in [0.1, 0.15) is 28.7 Å². The molecule has 0 saturated heterocycles. The number of rotatable bonds is 13. The number of nitrogens with zero attached hydrogens (tertiary/aromatic N) is 10. The van der Waals surface area contributed by atoms with Crippen molar-refractivity contribution in [1.82, 2.24) is 9.38 Å². The number of fused-ring (bicyclic) bond motifs is 4. The van der Waals surface area contributed by atoms with Gasteiger partial charge in [-0.3, -0.25) is 13.5 Å². The molecule has 0 aliphatic rings. The average Bonchev–Trinajstić information content (AvgIpc) is 3.85. The van der Waals surface area contributed by atoms with Crippen molar-refractivity contribution in [3.8, 4) is 34.9 Å². The summed E-state index contributed by atoms with van der Waals surface area (Å²) in [6.45, 7) is 3.14. The molecule has 3 N–H and O–H groups in total. The van der Waals surface area contributed by atoms with Gasteiger partial charge in [0.25, 0.3) is 20.2 Å². The molecule has 3 aromatic heterocycles. The number of ether oxygens (including phenoxy) is 1. The Balaban J connectivity index is 1.19. The van der Waals surface area contributed by atoms with Crippen molar-refractivity contribution >= 4 is 91.8 Å². The maximum absolute atomic E-state index is 12.1. The number of hydrogen-bond donors (Lipinski definition) is 3. The molecular formula is C44H32N10O8S3. The van der Waals surface area contributed by atoms with Gasteiger partial charge in [0.2, 0.25) is 5.88 Å². The molecule has 0 atom stereocenters. The van der Waals surface area contributed by atoms with Gasteiger partial charge in [0.1, 0.15) is 44.6 Å². The highest BCUT2D eigenvalue weighted by Gasteiger charge is 2.23. The molecule has 0 fully saturated rings. The second kappa shape index (κ2) is 17.8. The topological polar surface area (TPSA) is 277 Å². The predicted molar refractivity (Wildman–Crippen MR) is 242 cm³/mol. The van der Waals surface area contributed by atoms with Gasteiger partial charge in [-0.25, -0.2) is 4.98 Å². The van der Waals surface area contributed by atoms with Crippen molar-refractivity contribution < 1.29 is 35.8 Å². The first-order valence-electron chi connectivity index (χ1n) is 19.3. The van der Waals surface area contributed by atoms with Gasteiger partial charge in [-0.2, -0.15) is 27.4 Å². The van der Waals surface area contributed by atoms with Crippen LogP contribution >= 0.6 is 11.3 Å². The van der Waals surface area contributed by atoms with Gasteiger partial charge in [-0.1, -0.05) is 72.0 Å². The van der Waals surface area contributed by atoms with Crippen LogP contribution in [-0.2, 0) is 20.2 Å². The van der Waals surface area contributed by atoms with Crippen molar-refractivity contribution in [2.75, 3.05) is 12.4 Å². The molecule has 0 saturated carbocycles. The number of pyridine rings is 1. The number of aromatic nitrogens is 2. The maximum atomic E-state index is 12.1. The minimum Gasteiger partial charge on any atom is -0.493 e. The third-order valence-electron chi connectivity index (χ3n) is 10.0. The van der Waals surface area contributed by atoms with E-state index in [1.165, 1.54) is 28.7 Å². The number of thiophene rings is 1. The Bertz CT molecular complexity index is 3630. The molecule has 18 nitrogen and oxygen atoms in total. The van der Waals surface area contributed by atoms with Gasteiger partial charge in [0, 0.05) is 22.6 Å². The summed E-state index contributed by atoms with van der Waals surface area (Å²) in [5.41, 5.74) is 4.21. The van der Waals surface area contributed by atoms with Crippen molar-refractivity contribution in [3.05, 3.63) is 125 Å². The van der Waals surface area contributed by atoms with Crippen molar-refractivity contribution in [3.63, 3.8) is 0 Å². The SMILES string of the molecule is Cc1cc(N=Nc2c(C)c(C#N)c3nc4ccccc4n3c2O)c(OCCCS(=O)(=O)O)cc1N=Nc1sc(N=Nc2ccc3cccc(S(=O)(=O)O)c3c2)c(-c2ccccc2)c1C#N. The van der Waals surface area contributed by atoms with Crippen molar-refractivity contribution in [2.45, 2.75) is 25.2 Å². The van der Waals surface area contributed by atoms with Crippen LogP contribution in [0.25, 0.3) is 38.6 Å². The third kappa shape index (κ3) is 9.04. The average molecular weight is 925 g/mol. The Morgan fingerprint density at radius 3 is 2.23 bits per heavy atom. The molecule has 0 bridgehead atoms. The summed E-state index contributed by atoms with van der Waals surface area (Å²) in [5.74, 6) is -0.807. The number of nitriles is 2. The molecule has 0 radical (unpaired) electrons. The third-order valence-corrected chi connectivity index (χ3v) is 12.7. The monoisotopic (exact) mass is 924 g/mol. The van der Waals surface area contributed by atoms with E-state index in [-0.39, 0.29) is 79.5 Å². The molecule has 0 aliphatic carbocycles. The van der Waals surface area contributed by atoms with Crippen LogP contribution in [0, 0.1) is 36.5 Å². The lowest BCUT2D eigenvalue weighted by atomic mass is 10.0. The summed E-state index contributed by atoms with van der Waals surface area (Å²) in [7, 11) is -8.83. The number of para-hydroxylation sites is 2. The van der Waals surface area contributed by atoms with Crippen LogP contribution in [-0.4, -0.2) is 52.8 Å². The van der Waals surface area contributed by atoms with E-state index in [0.29, 0.717) is 43.7 Å². The zero-order valence-electron chi connectivity index (χ0n) is 34.0. The Labute approximate surface area is 374 Å². The normalized spacial score (nSPS) is 12.3. The fourth-order valence-electron chi connectivity index (χ4n) is 6.96. The molecule has 0 unspecified atom stereocenters. The summed E-state index contributed by atoms with van der Waals surface area (Å²) in [4.78, 5) is 4.24. The van der Waals surface area contributed by atoms with Crippen LogP contribution in [0.3, 0.4) is 0 Å². The molecular weight excluding hydrogens is 893 g/mol. The van der Waals surface area contributed by atoms with Crippen LogP contribution in [0.5, 0.6) is 11.6 Å².